The largest absolute Gasteiger partial charge is 0.387 e. The fourth-order valence-electron chi connectivity index (χ4n) is 1.83. The van der Waals surface area contributed by atoms with Crippen molar-refractivity contribution in [3.05, 3.63) is 0 Å². The number of hydrogen-bond acceptors (Lipinski definition) is 4. The number of methoxy groups -OCH3 is 1. The van der Waals surface area contributed by atoms with Crippen LogP contribution in [0.1, 0.15) is 0 Å². The molecule has 0 amide bonds. The Balaban J connectivity index is 0.000000845. The molecule has 0 aromatic carbocycles. The molecule has 2 heterocycles. The second-order valence-electron chi connectivity index (χ2n) is 3.30. The third kappa shape index (κ3) is 1.75. The van der Waals surface area contributed by atoms with Crippen LogP contribution in [0.4, 0.5) is 0 Å². The van der Waals surface area contributed by atoms with Crippen molar-refractivity contribution in [2.24, 2.45) is 0 Å². The van der Waals surface area contributed by atoms with Crippen molar-refractivity contribution in [2.45, 2.75) is 23.8 Å². The van der Waals surface area contributed by atoms with Gasteiger partial charge in [0.2, 0.25) is 0 Å². The van der Waals surface area contributed by atoms with Crippen LogP contribution in [0.3, 0.4) is 0 Å². The van der Waals surface area contributed by atoms with Crippen LogP contribution in [0, 0.1) is 0 Å². The quantitative estimate of drug-likeness (QED) is 0.623. The van der Waals surface area contributed by atoms with Crippen molar-refractivity contribution in [3.8, 4) is 0 Å². The van der Waals surface area contributed by atoms with E-state index in [1.807, 2.05) is 0 Å². The fourth-order valence-corrected chi connectivity index (χ4v) is 1.83. The van der Waals surface area contributed by atoms with Gasteiger partial charge in [-0.15, -0.1) is 0 Å². The molecule has 0 aromatic heterocycles. The second-order valence-corrected chi connectivity index (χ2v) is 3.30. The Labute approximate surface area is 104 Å². The van der Waals surface area contributed by atoms with Crippen molar-refractivity contribution >= 4 is 7.85 Å². The molecule has 4 atom stereocenters. The van der Waals surface area contributed by atoms with Gasteiger partial charge >= 0.3 is 0 Å². The average molecular weight is 259 g/mol. The van der Waals surface area contributed by atoms with Gasteiger partial charge in [-0.3, -0.25) is 0 Å². The SMILES string of the molecule is [B][C@@H]1O[C@@]2(COC)CO[C@H]1C2O.[Y]. The van der Waals surface area contributed by atoms with E-state index >= 15 is 0 Å². The smallest absolute Gasteiger partial charge is 0.142 e. The van der Waals surface area contributed by atoms with Crippen LogP contribution in [0.2, 0.25) is 0 Å². The first-order chi connectivity index (χ1) is 5.69. The topological polar surface area (TPSA) is 47.9 Å². The molecule has 2 saturated heterocycles. The van der Waals surface area contributed by atoms with Gasteiger partial charge in [-0.25, -0.2) is 0 Å². The monoisotopic (exact) mass is 259 g/mol. The molecule has 0 aromatic rings. The molecule has 1 N–H and O–H groups in total. The Hall–Kier alpha value is 1.01. The summed E-state index contributed by atoms with van der Waals surface area (Å²) in [6, 6.07) is -0.524. The summed E-state index contributed by atoms with van der Waals surface area (Å²) in [5.41, 5.74) is -0.723. The molecule has 3 radical (unpaired) electrons. The van der Waals surface area contributed by atoms with Gasteiger partial charge in [-0.05, 0) is 0 Å². The van der Waals surface area contributed by atoms with Gasteiger partial charge in [-0.1, -0.05) is 0 Å². The Kier molecular flexibility index (Phi) is 3.95. The molecule has 0 saturated carbocycles. The Bertz CT molecular complexity index is 193. The molecule has 2 rings (SSSR count). The second kappa shape index (κ2) is 4.25. The van der Waals surface area contributed by atoms with Crippen LogP contribution in [0.15, 0.2) is 0 Å². The van der Waals surface area contributed by atoms with Gasteiger partial charge in [-0.2, -0.15) is 0 Å². The van der Waals surface area contributed by atoms with Gasteiger partial charge < -0.3 is 19.3 Å². The van der Waals surface area contributed by atoms with Gasteiger partial charge in [0.05, 0.1) is 13.2 Å². The van der Waals surface area contributed by atoms with Crippen molar-refractivity contribution < 1.29 is 52.0 Å². The van der Waals surface area contributed by atoms with E-state index in [9.17, 15) is 5.11 Å². The van der Waals surface area contributed by atoms with Gasteiger partial charge in [0.1, 0.15) is 25.7 Å². The zero-order valence-corrected chi connectivity index (χ0v) is 10.3. The van der Waals surface area contributed by atoms with Crippen LogP contribution in [0.5, 0.6) is 0 Å². The molecule has 2 aliphatic rings. The molecule has 4 nitrogen and oxygen atoms in total. The van der Waals surface area contributed by atoms with Gasteiger partial charge in [0.25, 0.3) is 0 Å². The minimum absolute atomic E-state index is 0. The molecule has 2 aliphatic heterocycles. The predicted molar refractivity (Wildman–Crippen MR) is 41.0 cm³/mol. The van der Waals surface area contributed by atoms with E-state index in [0.29, 0.717) is 13.2 Å². The summed E-state index contributed by atoms with van der Waals surface area (Å²) in [5.74, 6) is 0. The van der Waals surface area contributed by atoms with E-state index in [-0.39, 0.29) is 38.8 Å². The third-order valence-electron chi connectivity index (χ3n) is 2.45. The summed E-state index contributed by atoms with van der Waals surface area (Å²) in [6.07, 6.45) is -1.05. The first kappa shape index (κ1) is 12.1. The molecule has 6 heteroatoms. The van der Waals surface area contributed by atoms with E-state index in [1.165, 1.54) is 0 Å². The van der Waals surface area contributed by atoms with Crippen LogP contribution >= 0.6 is 0 Å². The molecular weight excluding hydrogens is 248 g/mol. The predicted octanol–water partition coefficient (Wildman–Crippen LogP) is -1.35. The molecular formula is C7H11BO4Y. The maximum atomic E-state index is 9.67. The summed E-state index contributed by atoms with van der Waals surface area (Å²) in [6.45, 7) is 0.679. The number of hydrogen-bond donors (Lipinski definition) is 1. The average Bonchev–Trinajstić information content (AvgIpc) is 2.41. The van der Waals surface area contributed by atoms with Crippen molar-refractivity contribution in [1.29, 1.82) is 0 Å². The minimum Gasteiger partial charge on any atom is -0.387 e. The fraction of sp³-hybridized carbons (Fsp3) is 1.00. The summed E-state index contributed by atoms with van der Waals surface area (Å²) in [4.78, 5) is 0. The normalized spacial score (nSPS) is 47.7. The molecule has 1 unspecified atom stereocenters. The van der Waals surface area contributed by atoms with E-state index in [0.717, 1.165) is 0 Å². The molecule has 2 bridgehead atoms. The van der Waals surface area contributed by atoms with Crippen molar-refractivity contribution in [3.63, 3.8) is 0 Å². The van der Waals surface area contributed by atoms with Gasteiger partial charge in [0.15, 0.2) is 0 Å². The molecule has 69 valence electrons. The summed E-state index contributed by atoms with van der Waals surface area (Å²) >= 11 is 0. The number of ether oxygens (including phenoxy) is 3. The van der Waals surface area contributed by atoms with E-state index in [2.05, 4.69) is 0 Å². The Morgan fingerprint density at radius 1 is 1.69 bits per heavy atom. The van der Waals surface area contributed by atoms with E-state index < -0.39 is 17.7 Å². The van der Waals surface area contributed by atoms with E-state index in [1.54, 1.807) is 7.11 Å². The molecule has 0 aliphatic carbocycles. The minimum atomic E-state index is -0.723. The number of fused-ring (bicyclic) bond motifs is 2. The maximum absolute atomic E-state index is 9.67. The van der Waals surface area contributed by atoms with Crippen LogP contribution in [-0.2, 0) is 46.9 Å². The zero-order chi connectivity index (χ0) is 8.77. The van der Waals surface area contributed by atoms with Crippen molar-refractivity contribution in [2.75, 3.05) is 20.3 Å². The van der Waals surface area contributed by atoms with E-state index in [4.69, 9.17) is 22.1 Å². The third-order valence-corrected chi connectivity index (χ3v) is 2.45. The number of rotatable bonds is 2. The summed E-state index contributed by atoms with van der Waals surface area (Å²) in [5, 5.41) is 9.67. The zero-order valence-electron chi connectivity index (χ0n) is 7.47. The summed E-state index contributed by atoms with van der Waals surface area (Å²) < 4.78 is 15.6. The summed E-state index contributed by atoms with van der Waals surface area (Å²) in [7, 11) is 7.12. The molecule has 2 fully saturated rings. The van der Waals surface area contributed by atoms with Crippen molar-refractivity contribution in [1.82, 2.24) is 0 Å². The van der Waals surface area contributed by atoms with Crippen LogP contribution < -0.4 is 0 Å². The Morgan fingerprint density at radius 3 is 2.77 bits per heavy atom. The standard InChI is InChI=1S/C7H11BO4.Y/c1-10-2-7-3-11-4(5(7)9)6(8)12-7;/h4-6,9H,2-3H2,1H3;/t4-,5?,6+,7-;/m0./s1. The molecule has 0 spiro atoms. The number of aliphatic hydroxyl groups excluding tert-OH is 1. The van der Waals surface area contributed by atoms with Crippen LogP contribution in [0.25, 0.3) is 0 Å². The Morgan fingerprint density at radius 2 is 2.38 bits per heavy atom. The number of aliphatic hydroxyl groups is 1. The first-order valence-electron chi connectivity index (χ1n) is 3.92. The molecule has 13 heavy (non-hydrogen) atoms. The van der Waals surface area contributed by atoms with Crippen LogP contribution in [-0.4, -0.2) is 57.1 Å². The first-order valence-corrected chi connectivity index (χ1v) is 3.92. The maximum Gasteiger partial charge on any atom is 0.142 e. The van der Waals surface area contributed by atoms with Gasteiger partial charge in [0, 0.05) is 45.8 Å².